The van der Waals surface area contributed by atoms with Crippen LogP contribution < -0.4 is 9.62 Å². The van der Waals surface area contributed by atoms with Gasteiger partial charge in [-0.25, -0.2) is 8.42 Å². The summed E-state index contributed by atoms with van der Waals surface area (Å²) in [4.78, 5) is 13.2. The molecular formula is C21H35N3O5SSi. The fourth-order valence-electron chi connectivity index (χ4n) is 3.75. The van der Waals surface area contributed by atoms with Crippen molar-refractivity contribution in [1.82, 2.24) is 0 Å². The zero-order valence-corrected chi connectivity index (χ0v) is 21.0. The molecule has 1 aromatic carbocycles. The third kappa shape index (κ3) is 5.78. The molecule has 1 saturated carbocycles. The summed E-state index contributed by atoms with van der Waals surface area (Å²) in [5, 5.41) is 11.5. The molecule has 0 radical (unpaired) electrons. The summed E-state index contributed by atoms with van der Waals surface area (Å²) in [5.74, 6) is -0.155. The van der Waals surface area contributed by atoms with Gasteiger partial charge in [0.15, 0.2) is 8.32 Å². The molecule has 1 aliphatic heterocycles. The summed E-state index contributed by atoms with van der Waals surface area (Å²) >= 11 is 0. The highest BCUT2D eigenvalue weighted by Gasteiger charge is 2.45. The van der Waals surface area contributed by atoms with Crippen molar-refractivity contribution in [3.05, 3.63) is 28.3 Å². The lowest BCUT2D eigenvalue weighted by atomic mass is 9.93. The molecule has 174 valence electrons. The van der Waals surface area contributed by atoms with Crippen molar-refractivity contribution in [3.8, 4) is 0 Å². The summed E-state index contributed by atoms with van der Waals surface area (Å²) in [6, 6.07) is 4.44. The maximum absolute atomic E-state index is 12.6. The summed E-state index contributed by atoms with van der Waals surface area (Å²) in [6.07, 6.45) is 4.56. The molecule has 0 unspecified atom stereocenters. The van der Waals surface area contributed by atoms with Crippen molar-refractivity contribution in [2.45, 2.75) is 64.6 Å². The van der Waals surface area contributed by atoms with Crippen LogP contribution in [0, 0.1) is 15.5 Å². The smallest absolute Gasteiger partial charge is 0.292 e. The average molecular weight is 470 g/mol. The van der Waals surface area contributed by atoms with Gasteiger partial charge in [-0.1, -0.05) is 20.8 Å². The first-order valence-electron chi connectivity index (χ1n) is 10.9. The van der Waals surface area contributed by atoms with Gasteiger partial charge in [-0.05, 0) is 61.4 Å². The molecule has 0 atom stereocenters. The predicted molar refractivity (Wildman–Crippen MR) is 127 cm³/mol. The van der Waals surface area contributed by atoms with Gasteiger partial charge in [-0.15, -0.1) is 0 Å². The number of nitrogens with one attached hydrogen (secondary N) is 1. The van der Waals surface area contributed by atoms with Crippen LogP contribution in [0.3, 0.4) is 0 Å². The van der Waals surface area contributed by atoms with Crippen LogP contribution in [-0.4, -0.2) is 47.1 Å². The maximum atomic E-state index is 12.6. The van der Waals surface area contributed by atoms with Gasteiger partial charge in [0.2, 0.25) is 10.0 Å². The number of anilines is 2. The minimum Gasteiger partial charge on any atom is -0.416 e. The number of piperidine rings is 1. The normalized spacial score (nSPS) is 18.8. The third-order valence-corrected chi connectivity index (χ3v) is 13.0. The lowest BCUT2D eigenvalue weighted by molar-refractivity contribution is -0.384. The van der Waals surface area contributed by atoms with Crippen LogP contribution in [0.15, 0.2) is 18.2 Å². The molecule has 1 heterocycles. The molecule has 3 rings (SSSR count). The Hall–Kier alpha value is -1.65. The molecule has 1 saturated heterocycles. The first-order valence-corrected chi connectivity index (χ1v) is 15.5. The summed E-state index contributed by atoms with van der Waals surface area (Å²) in [6.45, 7) is 12.1. The van der Waals surface area contributed by atoms with E-state index < -0.39 is 23.3 Å². The minimum absolute atomic E-state index is 0.00491. The van der Waals surface area contributed by atoms with E-state index in [4.69, 9.17) is 4.43 Å². The van der Waals surface area contributed by atoms with Crippen LogP contribution in [0.2, 0.25) is 18.1 Å². The second-order valence-corrected chi connectivity index (χ2v) is 17.1. The van der Waals surface area contributed by atoms with Crippen molar-refractivity contribution in [1.29, 1.82) is 0 Å². The van der Waals surface area contributed by atoms with Gasteiger partial charge in [-0.2, -0.15) is 0 Å². The van der Waals surface area contributed by atoms with E-state index in [0.29, 0.717) is 16.8 Å². The maximum Gasteiger partial charge on any atom is 0.292 e. The Labute approximate surface area is 186 Å². The molecular weight excluding hydrogens is 434 g/mol. The third-order valence-electron chi connectivity index (χ3n) is 7.19. The zero-order valence-electron chi connectivity index (χ0n) is 19.2. The van der Waals surface area contributed by atoms with Gasteiger partial charge in [0.05, 0.1) is 16.4 Å². The highest BCUT2D eigenvalue weighted by molar-refractivity contribution is 7.92. The molecule has 0 amide bonds. The van der Waals surface area contributed by atoms with E-state index in [1.54, 1.807) is 6.07 Å². The highest BCUT2D eigenvalue weighted by Crippen LogP contribution is 2.54. The first kappa shape index (κ1) is 24.0. The van der Waals surface area contributed by atoms with Crippen LogP contribution in [0.1, 0.15) is 46.5 Å². The molecule has 10 heteroatoms. The number of hydrogen-bond donors (Lipinski definition) is 1. The Balaban J connectivity index is 1.68. The number of hydrogen-bond acceptors (Lipinski definition) is 6. The molecule has 1 spiro atoms. The van der Waals surface area contributed by atoms with E-state index in [9.17, 15) is 18.5 Å². The van der Waals surface area contributed by atoms with Crippen molar-refractivity contribution in [2.75, 3.05) is 35.1 Å². The second-order valence-electron chi connectivity index (χ2n) is 10.5. The van der Waals surface area contributed by atoms with Crippen LogP contribution in [0.25, 0.3) is 0 Å². The van der Waals surface area contributed by atoms with Gasteiger partial charge < -0.3 is 9.33 Å². The second kappa shape index (κ2) is 8.36. The molecule has 0 bridgehead atoms. The fraction of sp³-hybridized carbons (Fsp3) is 0.714. The monoisotopic (exact) mass is 469 g/mol. The summed E-state index contributed by atoms with van der Waals surface area (Å²) in [5.41, 5.74) is 1.29. The molecule has 31 heavy (non-hydrogen) atoms. The SMILES string of the molecule is CC(C)(C)[Si](C)(C)OCCS(=O)(=O)Nc1ccc([N+](=O)[O-])c(N2CCC3(CC2)CC3)c1. The van der Waals surface area contributed by atoms with Gasteiger partial charge in [0.25, 0.3) is 5.69 Å². The first-order chi connectivity index (χ1) is 14.2. The van der Waals surface area contributed by atoms with Crippen molar-refractivity contribution in [3.63, 3.8) is 0 Å². The van der Waals surface area contributed by atoms with Gasteiger partial charge >= 0.3 is 0 Å². The Morgan fingerprint density at radius 3 is 2.32 bits per heavy atom. The van der Waals surface area contributed by atoms with Gasteiger partial charge in [-0.3, -0.25) is 14.8 Å². The van der Waals surface area contributed by atoms with Crippen LogP contribution >= 0.6 is 0 Å². The van der Waals surface area contributed by atoms with Crippen molar-refractivity contribution >= 4 is 35.4 Å². The molecule has 2 aliphatic rings. The standard InChI is InChI=1S/C21H35N3O5SSi/c1-20(2,3)31(4,5)29-14-15-30(27,28)22-17-6-7-18(24(25)26)19(16-17)23-12-10-21(8-9-21)11-13-23/h6-7,16,22H,8-15H2,1-5H3. The van der Waals surface area contributed by atoms with E-state index in [1.165, 1.54) is 25.0 Å². The quantitative estimate of drug-likeness (QED) is 0.335. The van der Waals surface area contributed by atoms with Crippen molar-refractivity contribution < 1.29 is 17.8 Å². The number of nitro benzene ring substituents is 1. The Morgan fingerprint density at radius 1 is 1.19 bits per heavy atom. The van der Waals surface area contributed by atoms with Crippen LogP contribution in [0.5, 0.6) is 0 Å². The highest BCUT2D eigenvalue weighted by atomic mass is 32.2. The van der Waals surface area contributed by atoms with Crippen LogP contribution in [-0.2, 0) is 14.4 Å². The van der Waals surface area contributed by atoms with Crippen molar-refractivity contribution in [2.24, 2.45) is 5.41 Å². The van der Waals surface area contributed by atoms with E-state index in [1.807, 2.05) is 4.90 Å². The summed E-state index contributed by atoms with van der Waals surface area (Å²) < 4.78 is 33.8. The lowest BCUT2D eigenvalue weighted by Crippen LogP contribution is -2.42. The summed E-state index contributed by atoms with van der Waals surface area (Å²) in [7, 11) is -5.66. The van der Waals surface area contributed by atoms with E-state index in [2.05, 4.69) is 38.6 Å². The van der Waals surface area contributed by atoms with Crippen LogP contribution in [0.4, 0.5) is 17.1 Å². The Morgan fingerprint density at radius 2 is 1.81 bits per heavy atom. The molecule has 0 aromatic heterocycles. The molecule has 2 fully saturated rings. The molecule has 8 nitrogen and oxygen atoms in total. The number of nitrogens with zero attached hydrogens (tertiary/aromatic N) is 2. The molecule has 1 N–H and O–H groups in total. The largest absolute Gasteiger partial charge is 0.416 e. The number of rotatable bonds is 8. The topological polar surface area (TPSA) is 102 Å². The van der Waals surface area contributed by atoms with E-state index in [-0.39, 0.29) is 23.1 Å². The molecule has 1 aromatic rings. The Kier molecular flexibility index (Phi) is 6.47. The Bertz CT molecular complexity index is 929. The van der Waals surface area contributed by atoms with E-state index >= 15 is 0 Å². The number of benzene rings is 1. The average Bonchev–Trinajstić information content (AvgIpc) is 3.39. The van der Waals surface area contributed by atoms with E-state index in [0.717, 1.165) is 25.9 Å². The lowest BCUT2D eigenvalue weighted by Gasteiger charge is -2.36. The fourth-order valence-corrected chi connectivity index (χ4v) is 5.83. The van der Waals surface area contributed by atoms with Gasteiger partial charge in [0, 0.05) is 25.8 Å². The van der Waals surface area contributed by atoms with Gasteiger partial charge in [0.1, 0.15) is 5.69 Å². The number of nitro groups is 1. The number of sulfonamides is 1. The zero-order chi connectivity index (χ0) is 23.1. The minimum atomic E-state index is -3.63. The molecule has 1 aliphatic carbocycles. The predicted octanol–water partition coefficient (Wildman–Crippen LogP) is 4.74.